The largest absolute Gasteiger partial charge is 0.478 e. The first-order valence-corrected chi connectivity index (χ1v) is 5.51. The average molecular weight is 258 g/mol. The molecule has 3 aromatic heterocycles. The first kappa shape index (κ1) is 11.3. The van der Waals surface area contributed by atoms with Gasteiger partial charge in [-0.3, -0.25) is 0 Å². The highest BCUT2D eigenvalue weighted by Gasteiger charge is 2.14. The Morgan fingerprint density at radius 2 is 2.21 bits per heavy atom. The minimum atomic E-state index is -1.06. The van der Waals surface area contributed by atoms with Crippen molar-refractivity contribution in [2.75, 3.05) is 5.73 Å². The summed E-state index contributed by atoms with van der Waals surface area (Å²) in [5.74, 6) is 0.761. The van der Waals surface area contributed by atoms with Gasteiger partial charge in [-0.1, -0.05) is 0 Å². The Hall–Kier alpha value is -2.83. The molecule has 3 rings (SSSR count). The molecule has 0 aliphatic rings. The molecule has 3 heterocycles. The second-order valence-corrected chi connectivity index (χ2v) is 4.09. The van der Waals surface area contributed by atoms with E-state index in [1.54, 1.807) is 12.1 Å². The standard InChI is InChI=1S/C12H10N4O3/c1-6-2-3-8(19-6)11-14-10-5-7(12(17)18)4-9(13)16(10)15-11/h2-5H,13H2,1H3,(H,17,18). The van der Waals surface area contributed by atoms with Gasteiger partial charge in [0, 0.05) is 0 Å². The van der Waals surface area contributed by atoms with Crippen molar-refractivity contribution in [1.29, 1.82) is 0 Å². The van der Waals surface area contributed by atoms with E-state index in [0.29, 0.717) is 17.2 Å². The van der Waals surface area contributed by atoms with Crippen LogP contribution in [0.4, 0.5) is 5.82 Å². The third-order valence-corrected chi connectivity index (χ3v) is 2.67. The van der Waals surface area contributed by atoms with Crippen molar-refractivity contribution >= 4 is 17.4 Å². The van der Waals surface area contributed by atoms with Crippen LogP contribution < -0.4 is 5.73 Å². The molecule has 19 heavy (non-hydrogen) atoms. The van der Waals surface area contributed by atoms with Gasteiger partial charge in [-0.15, -0.1) is 5.10 Å². The van der Waals surface area contributed by atoms with Crippen LogP contribution in [0, 0.1) is 6.92 Å². The minimum absolute atomic E-state index is 0.0691. The first-order chi connectivity index (χ1) is 9.04. The van der Waals surface area contributed by atoms with Crippen LogP contribution in [0.1, 0.15) is 16.1 Å². The Labute approximate surface area is 107 Å². The van der Waals surface area contributed by atoms with Crippen molar-refractivity contribution in [1.82, 2.24) is 14.6 Å². The number of nitrogens with two attached hydrogens (primary N) is 1. The zero-order valence-corrected chi connectivity index (χ0v) is 9.99. The minimum Gasteiger partial charge on any atom is -0.478 e. The molecule has 3 N–H and O–H groups in total. The SMILES string of the molecule is Cc1ccc(-c2nc3cc(C(=O)O)cc(N)n3n2)o1. The van der Waals surface area contributed by atoms with Gasteiger partial charge in [0.15, 0.2) is 11.4 Å². The van der Waals surface area contributed by atoms with Crippen LogP contribution in [0.3, 0.4) is 0 Å². The Balaban J connectivity index is 2.20. The number of hydrogen-bond acceptors (Lipinski definition) is 5. The summed E-state index contributed by atoms with van der Waals surface area (Å²) in [6.45, 7) is 1.82. The Morgan fingerprint density at radius 3 is 2.84 bits per heavy atom. The summed E-state index contributed by atoms with van der Waals surface area (Å²) in [5.41, 5.74) is 6.19. The predicted octanol–water partition coefficient (Wildman–Crippen LogP) is 1.58. The quantitative estimate of drug-likeness (QED) is 0.722. The third-order valence-electron chi connectivity index (χ3n) is 2.67. The maximum atomic E-state index is 10.9. The summed E-state index contributed by atoms with van der Waals surface area (Å²) in [5, 5.41) is 13.2. The molecule has 0 saturated heterocycles. The van der Waals surface area contributed by atoms with Crippen LogP contribution >= 0.6 is 0 Å². The fourth-order valence-corrected chi connectivity index (χ4v) is 1.79. The maximum Gasteiger partial charge on any atom is 0.335 e. The molecule has 0 unspecified atom stereocenters. The molecule has 7 nitrogen and oxygen atoms in total. The molecule has 3 aromatic rings. The van der Waals surface area contributed by atoms with E-state index in [0.717, 1.165) is 5.76 Å². The summed E-state index contributed by atoms with van der Waals surface area (Å²) < 4.78 is 6.80. The van der Waals surface area contributed by atoms with E-state index >= 15 is 0 Å². The van der Waals surface area contributed by atoms with Crippen molar-refractivity contribution in [2.45, 2.75) is 6.92 Å². The predicted molar refractivity (Wildman–Crippen MR) is 66.8 cm³/mol. The summed E-state index contributed by atoms with van der Waals surface area (Å²) in [7, 11) is 0. The smallest absolute Gasteiger partial charge is 0.335 e. The number of nitrogen functional groups attached to an aromatic ring is 1. The second-order valence-electron chi connectivity index (χ2n) is 4.09. The Bertz CT molecular complexity index is 787. The third kappa shape index (κ3) is 1.81. The molecule has 0 amide bonds. The number of nitrogens with zero attached hydrogens (tertiary/aromatic N) is 3. The molecule has 0 aromatic carbocycles. The lowest BCUT2D eigenvalue weighted by Gasteiger charge is -1.99. The number of carbonyl (C=O) groups is 1. The molecule has 0 radical (unpaired) electrons. The monoisotopic (exact) mass is 258 g/mol. The zero-order valence-electron chi connectivity index (χ0n) is 9.99. The van der Waals surface area contributed by atoms with E-state index in [9.17, 15) is 4.79 Å². The van der Waals surface area contributed by atoms with Gasteiger partial charge in [0.2, 0.25) is 5.82 Å². The number of aromatic nitrogens is 3. The normalized spacial score (nSPS) is 11.0. The molecule has 0 saturated carbocycles. The zero-order chi connectivity index (χ0) is 13.6. The van der Waals surface area contributed by atoms with Crippen LogP contribution in [0.15, 0.2) is 28.7 Å². The highest BCUT2D eigenvalue weighted by molar-refractivity contribution is 5.89. The molecule has 96 valence electrons. The lowest BCUT2D eigenvalue weighted by Crippen LogP contribution is -2.03. The number of anilines is 1. The summed E-state index contributed by atoms with van der Waals surface area (Å²) in [4.78, 5) is 15.2. The maximum absolute atomic E-state index is 10.9. The van der Waals surface area contributed by atoms with Gasteiger partial charge in [0.1, 0.15) is 11.6 Å². The van der Waals surface area contributed by atoms with Gasteiger partial charge in [0.25, 0.3) is 0 Å². The van der Waals surface area contributed by atoms with E-state index in [1.807, 2.05) is 6.92 Å². The van der Waals surface area contributed by atoms with E-state index in [-0.39, 0.29) is 11.4 Å². The topological polar surface area (TPSA) is 107 Å². The fraction of sp³-hybridized carbons (Fsp3) is 0.0833. The van der Waals surface area contributed by atoms with Crippen molar-refractivity contribution in [3.63, 3.8) is 0 Å². The van der Waals surface area contributed by atoms with Gasteiger partial charge in [-0.05, 0) is 31.2 Å². The molecule has 0 bridgehead atoms. The highest BCUT2D eigenvalue weighted by Crippen LogP contribution is 2.21. The molecule has 7 heteroatoms. The number of rotatable bonds is 2. The molecule has 0 spiro atoms. The van der Waals surface area contributed by atoms with E-state index in [1.165, 1.54) is 16.6 Å². The van der Waals surface area contributed by atoms with Crippen molar-refractivity contribution in [3.05, 3.63) is 35.6 Å². The lowest BCUT2D eigenvalue weighted by atomic mass is 10.2. The number of fused-ring (bicyclic) bond motifs is 1. The molecular formula is C12H10N4O3. The van der Waals surface area contributed by atoms with Gasteiger partial charge in [-0.25, -0.2) is 9.78 Å². The fourth-order valence-electron chi connectivity index (χ4n) is 1.79. The lowest BCUT2D eigenvalue weighted by molar-refractivity contribution is 0.0697. The van der Waals surface area contributed by atoms with Gasteiger partial charge >= 0.3 is 5.97 Å². The summed E-state index contributed by atoms with van der Waals surface area (Å²) in [6, 6.07) is 6.29. The van der Waals surface area contributed by atoms with E-state index in [4.69, 9.17) is 15.3 Å². The molecule has 0 aliphatic heterocycles. The van der Waals surface area contributed by atoms with Crippen molar-refractivity contribution in [3.8, 4) is 11.6 Å². The Morgan fingerprint density at radius 1 is 1.42 bits per heavy atom. The van der Waals surface area contributed by atoms with Crippen LogP contribution in [-0.4, -0.2) is 25.7 Å². The highest BCUT2D eigenvalue weighted by atomic mass is 16.4. The van der Waals surface area contributed by atoms with Crippen molar-refractivity contribution in [2.24, 2.45) is 0 Å². The van der Waals surface area contributed by atoms with Gasteiger partial charge in [-0.2, -0.15) is 4.52 Å². The number of carboxylic acid groups (broad SMARTS) is 1. The van der Waals surface area contributed by atoms with Crippen molar-refractivity contribution < 1.29 is 14.3 Å². The number of aryl methyl sites for hydroxylation is 1. The number of furan rings is 1. The first-order valence-electron chi connectivity index (χ1n) is 5.51. The van der Waals surface area contributed by atoms with Gasteiger partial charge < -0.3 is 15.3 Å². The summed E-state index contributed by atoms with van der Waals surface area (Å²) >= 11 is 0. The number of aromatic carboxylic acids is 1. The van der Waals surface area contributed by atoms with Crippen LogP contribution in [0.2, 0.25) is 0 Å². The van der Waals surface area contributed by atoms with Crippen LogP contribution in [-0.2, 0) is 0 Å². The van der Waals surface area contributed by atoms with E-state index in [2.05, 4.69) is 10.1 Å². The van der Waals surface area contributed by atoms with Crippen LogP contribution in [0.5, 0.6) is 0 Å². The van der Waals surface area contributed by atoms with Gasteiger partial charge in [0.05, 0.1) is 5.56 Å². The number of hydrogen-bond donors (Lipinski definition) is 2. The van der Waals surface area contributed by atoms with E-state index < -0.39 is 5.97 Å². The molecule has 0 fully saturated rings. The molecule has 0 aliphatic carbocycles. The molecular weight excluding hydrogens is 248 g/mol. The van der Waals surface area contributed by atoms with Crippen LogP contribution in [0.25, 0.3) is 17.2 Å². The average Bonchev–Trinajstić information content (AvgIpc) is 2.94. The second kappa shape index (κ2) is 3.84. The summed E-state index contributed by atoms with van der Waals surface area (Å²) in [6.07, 6.45) is 0. The number of pyridine rings is 1. The Kier molecular flexibility index (Phi) is 2.28. The molecule has 0 atom stereocenters. The number of carboxylic acids is 1.